The Morgan fingerprint density at radius 2 is 1.82 bits per heavy atom. The Bertz CT molecular complexity index is 115. The zero-order chi connectivity index (χ0) is 7.52. The largest absolute Gasteiger partial charge is 0.381 e. The van der Waals surface area contributed by atoms with Gasteiger partial charge < -0.3 is 10.1 Å². The van der Waals surface area contributed by atoms with E-state index in [1.807, 2.05) is 0 Å². The molecule has 11 heavy (non-hydrogen) atoms. The van der Waals surface area contributed by atoms with Gasteiger partial charge in [-0.25, -0.2) is 0 Å². The highest BCUT2D eigenvalue weighted by molar-refractivity contribution is 4.79. The van der Waals surface area contributed by atoms with Crippen LogP contribution in [0.15, 0.2) is 0 Å². The molecular formula is C9H17NO. The predicted octanol–water partition coefficient (Wildman–Crippen LogP) is 1.02. The summed E-state index contributed by atoms with van der Waals surface area (Å²) in [7, 11) is 0. The molecule has 2 aliphatic rings. The van der Waals surface area contributed by atoms with E-state index < -0.39 is 0 Å². The van der Waals surface area contributed by atoms with E-state index in [2.05, 4.69) is 5.32 Å². The van der Waals surface area contributed by atoms with Gasteiger partial charge in [-0.1, -0.05) is 0 Å². The third kappa shape index (κ3) is 1.74. The Kier molecular flexibility index (Phi) is 2.44. The maximum Gasteiger partial charge on any atom is 0.0468 e. The molecule has 1 unspecified atom stereocenters. The van der Waals surface area contributed by atoms with E-state index in [0.29, 0.717) is 0 Å². The van der Waals surface area contributed by atoms with Gasteiger partial charge in [-0.15, -0.1) is 0 Å². The van der Waals surface area contributed by atoms with Crippen LogP contribution in [-0.2, 0) is 4.74 Å². The molecule has 2 rings (SSSR count). The summed E-state index contributed by atoms with van der Waals surface area (Å²) >= 11 is 0. The van der Waals surface area contributed by atoms with Gasteiger partial charge in [0.15, 0.2) is 0 Å². The van der Waals surface area contributed by atoms with Gasteiger partial charge in [0.05, 0.1) is 0 Å². The number of hydrogen-bond donors (Lipinski definition) is 1. The first-order chi connectivity index (χ1) is 5.47. The van der Waals surface area contributed by atoms with Gasteiger partial charge in [0.1, 0.15) is 0 Å². The van der Waals surface area contributed by atoms with Crippen LogP contribution in [0, 0.1) is 11.8 Å². The highest BCUT2D eigenvalue weighted by Crippen LogP contribution is 2.27. The van der Waals surface area contributed by atoms with E-state index in [9.17, 15) is 0 Å². The molecular weight excluding hydrogens is 138 g/mol. The lowest BCUT2D eigenvalue weighted by atomic mass is 9.85. The van der Waals surface area contributed by atoms with Crippen LogP contribution in [-0.4, -0.2) is 26.3 Å². The maximum atomic E-state index is 5.34. The molecule has 0 aliphatic carbocycles. The van der Waals surface area contributed by atoms with Crippen LogP contribution in [0.3, 0.4) is 0 Å². The van der Waals surface area contributed by atoms with E-state index in [-0.39, 0.29) is 0 Å². The Morgan fingerprint density at radius 1 is 1.00 bits per heavy atom. The molecule has 64 valence electrons. The minimum absolute atomic E-state index is 0.957. The summed E-state index contributed by atoms with van der Waals surface area (Å²) in [5.41, 5.74) is 0. The number of hydrogen-bond acceptors (Lipinski definition) is 2. The normalized spacial score (nSPS) is 34.4. The quantitative estimate of drug-likeness (QED) is 0.610. The maximum absolute atomic E-state index is 5.34. The average molecular weight is 155 g/mol. The minimum Gasteiger partial charge on any atom is -0.381 e. The molecule has 1 N–H and O–H groups in total. The lowest BCUT2D eigenvalue weighted by molar-refractivity contribution is 0.0497. The molecule has 0 aromatic carbocycles. The Hall–Kier alpha value is -0.0800. The van der Waals surface area contributed by atoms with E-state index in [4.69, 9.17) is 4.74 Å². The molecule has 0 amide bonds. The standard InChI is InChI=1S/C9H17NO/c1-4-10-7-9(1)8-2-5-11-6-3-8/h8-10H,1-7H2. The van der Waals surface area contributed by atoms with Crippen molar-refractivity contribution in [1.29, 1.82) is 0 Å². The van der Waals surface area contributed by atoms with Crippen LogP contribution in [0.5, 0.6) is 0 Å². The summed E-state index contributed by atoms with van der Waals surface area (Å²) in [6.45, 7) is 4.50. The SMILES string of the molecule is C1CC(C2CCOCC2)CN1. The molecule has 0 spiro atoms. The smallest absolute Gasteiger partial charge is 0.0468 e. The summed E-state index contributed by atoms with van der Waals surface area (Å²) < 4.78 is 5.34. The molecule has 2 aliphatic heterocycles. The molecule has 0 bridgehead atoms. The first-order valence-electron chi connectivity index (χ1n) is 4.75. The van der Waals surface area contributed by atoms with Crippen LogP contribution in [0.4, 0.5) is 0 Å². The molecule has 2 saturated heterocycles. The van der Waals surface area contributed by atoms with Crippen LogP contribution in [0.1, 0.15) is 19.3 Å². The third-order valence-corrected chi connectivity index (χ3v) is 3.03. The second kappa shape index (κ2) is 3.55. The summed E-state index contributed by atoms with van der Waals surface area (Å²) in [6.07, 6.45) is 3.99. The number of rotatable bonds is 1. The second-order valence-electron chi connectivity index (χ2n) is 3.70. The fourth-order valence-corrected chi connectivity index (χ4v) is 2.27. The molecule has 2 fully saturated rings. The number of nitrogens with one attached hydrogen (secondary N) is 1. The van der Waals surface area contributed by atoms with E-state index in [0.717, 1.165) is 25.0 Å². The van der Waals surface area contributed by atoms with Gasteiger partial charge in [0, 0.05) is 13.2 Å². The van der Waals surface area contributed by atoms with E-state index >= 15 is 0 Å². The fraction of sp³-hybridized carbons (Fsp3) is 1.00. The van der Waals surface area contributed by atoms with Crippen LogP contribution < -0.4 is 5.32 Å². The molecule has 0 saturated carbocycles. The molecule has 0 aromatic rings. The van der Waals surface area contributed by atoms with Crippen molar-refractivity contribution in [2.75, 3.05) is 26.3 Å². The van der Waals surface area contributed by atoms with Crippen LogP contribution in [0.2, 0.25) is 0 Å². The molecule has 1 atom stereocenters. The molecule has 2 nitrogen and oxygen atoms in total. The molecule has 0 aromatic heterocycles. The van der Waals surface area contributed by atoms with Crippen molar-refractivity contribution >= 4 is 0 Å². The van der Waals surface area contributed by atoms with Crippen molar-refractivity contribution in [3.8, 4) is 0 Å². The summed E-state index contributed by atoms with van der Waals surface area (Å²) in [6, 6.07) is 0. The summed E-state index contributed by atoms with van der Waals surface area (Å²) in [5, 5.41) is 3.43. The summed E-state index contributed by atoms with van der Waals surface area (Å²) in [4.78, 5) is 0. The summed E-state index contributed by atoms with van der Waals surface area (Å²) in [5.74, 6) is 1.91. The Morgan fingerprint density at radius 3 is 2.45 bits per heavy atom. The first kappa shape index (κ1) is 7.56. The van der Waals surface area contributed by atoms with Crippen molar-refractivity contribution < 1.29 is 4.74 Å². The lowest BCUT2D eigenvalue weighted by Crippen LogP contribution is -2.24. The van der Waals surface area contributed by atoms with E-state index in [1.165, 1.54) is 32.4 Å². The third-order valence-electron chi connectivity index (χ3n) is 3.03. The van der Waals surface area contributed by atoms with Crippen molar-refractivity contribution in [3.05, 3.63) is 0 Å². The zero-order valence-electron chi connectivity index (χ0n) is 7.01. The first-order valence-corrected chi connectivity index (χ1v) is 4.75. The van der Waals surface area contributed by atoms with Gasteiger partial charge in [0.2, 0.25) is 0 Å². The topological polar surface area (TPSA) is 21.3 Å². The van der Waals surface area contributed by atoms with Gasteiger partial charge >= 0.3 is 0 Å². The fourth-order valence-electron chi connectivity index (χ4n) is 2.27. The lowest BCUT2D eigenvalue weighted by Gasteiger charge is -2.26. The second-order valence-corrected chi connectivity index (χ2v) is 3.70. The van der Waals surface area contributed by atoms with Crippen molar-refractivity contribution in [3.63, 3.8) is 0 Å². The van der Waals surface area contributed by atoms with Crippen molar-refractivity contribution in [2.45, 2.75) is 19.3 Å². The molecule has 0 radical (unpaired) electrons. The number of ether oxygens (including phenoxy) is 1. The van der Waals surface area contributed by atoms with Crippen molar-refractivity contribution in [2.24, 2.45) is 11.8 Å². The average Bonchev–Trinajstić information content (AvgIpc) is 2.58. The Labute approximate surface area is 68.3 Å². The van der Waals surface area contributed by atoms with Crippen LogP contribution >= 0.6 is 0 Å². The molecule has 2 heterocycles. The van der Waals surface area contributed by atoms with Gasteiger partial charge in [0.25, 0.3) is 0 Å². The molecule has 2 heteroatoms. The van der Waals surface area contributed by atoms with Gasteiger partial charge in [-0.05, 0) is 44.2 Å². The van der Waals surface area contributed by atoms with Gasteiger partial charge in [-0.2, -0.15) is 0 Å². The Balaban J connectivity index is 1.82. The van der Waals surface area contributed by atoms with Crippen molar-refractivity contribution in [1.82, 2.24) is 5.32 Å². The zero-order valence-corrected chi connectivity index (χ0v) is 7.01. The van der Waals surface area contributed by atoms with E-state index in [1.54, 1.807) is 0 Å². The minimum atomic E-state index is 0.957. The highest BCUT2D eigenvalue weighted by Gasteiger charge is 2.25. The van der Waals surface area contributed by atoms with Crippen LogP contribution in [0.25, 0.3) is 0 Å². The monoisotopic (exact) mass is 155 g/mol. The van der Waals surface area contributed by atoms with Gasteiger partial charge in [-0.3, -0.25) is 0 Å². The predicted molar refractivity (Wildman–Crippen MR) is 44.5 cm³/mol. The highest BCUT2D eigenvalue weighted by atomic mass is 16.5.